The zero-order chi connectivity index (χ0) is 21.4. The van der Waals surface area contributed by atoms with E-state index in [1.54, 1.807) is 12.1 Å². The summed E-state index contributed by atoms with van der Waals surface area (Å²) in [6.07, 6.45) is 4.30. The molecule has 1 unspecified atom stereocenters. The molecule has 0 saturated carbocycles. The predicted molar refractivity (Wildman–Crippen MR) is 114 cm³/mol. The Morgan fingerprint density at radius 3 is 2.53 bits per heavy atom. The van der Waals surface area contributed by atoms with Crippen LogP contribution in [0.2, 0.25) is 0 Å². The molecule has 1 aliphatic heterocycles. The van der Waals surface area contributed by atoms with Gasteiger partial charge in [0.2, 0.25) is 0 Å². The lowest BCUT2D eigenvalue weighted by Crippen LogP contribution is -2.35. The number of amides is 1. The van der Waals surface area contributed by atoms with E-state index in [0.29, 0.717) is 30.2 Å². The first-order valence-corrected chi connectivity index (χ1v) is 10.5. The Hall–Kier alpha value is -2.86. The van der Waals surface area contributed by atoms with Gasteiger partial charge in [-0.05, 0) is 76.0 Å². The Bertz CT molecular complexity index is 1020. The molecular weight excluding hydrogens is 380 g/mol. The van der Waals surface area contributed by atoms with Gasteiger partial charge in [0.25, 0.3) is 11.7 Å². The summed E-state index contributed by atoms with van der Waals surface area (Å²) >= 11 is 0. The highest BCUT2D eigenvalue weighted by Gasteiger charge is 2.47. The van der Waals surface area contributed by atoms with Crippen molar-refractivity contribution in [3.63, 3.8) is 0 Å². The number of carbonyl (C=O) groups is 2. The second-order valence-corrected chi connectivity index (χ2v) is 8.43. The summed E-state index contributed by atoms with van der Waals surface area (Å²) in [5.41, 5.74) is 3.18. The van der Waals surface area contributed by atoms with Crippen LogP contribution in [-0.2, 0) is 22.4 Å². The topological polar surface area (TPSA) is 74.0 Å². The molecule has 0 radical (unpaired) electrons. The summed E-state index contributed by atoms with van der Waals surface area (Å²) in [5, 5.41) is 11.2. The van der Waals surface area contributed by atoms with Crippen LogP contribution in [0.1, 0.15) is 47.1 Å². The van der Waals surface area contributed by atoms with Gasteiger partial charge in [0.05, 0.1) is 5.57 Å². The van der Waals surface area contributed by atoms with Crippen LogP contribution >= 0.6 is 0 Å². The molecule has 2 heterocycles. The monoisotopic (exact) mass is 408 g/mol. The Balaban J connectivity index is 1.80. The van der Waals surface area contributed by atoms with Gasteiger partial charge in [0.15, 0.2) is 0 Å². The van der Waals surface area contributed by atoms with E-state index in [0.717, 1.165) is 19.3 Å². The Kier molecular flexibility index (Phi) is 5.52. The highest BCUT2D eigenvalue weighted by molar-refractivity contribution is 6.46. The Morgan fingerprint density at radius 1 is 1.13 bits per heavy atom. The molecule has 2 aliphatic rings. The number of hydrogen-bond acceptors (Lipinski definition) is 5. The number of fused-ring (bicyclic) bond motifs is 1. The maximum atomic E-state index is 13.0. The van der Waals surface area contributed by atoms with E-state index in [-0.39, 0.29) is 11.3 Å². The number of aliphatic hydroxyl groups excluding tert-OH is 1. The van der Waals surface area contributed by atoms with E-state index in [4.69, 9.17) is 4.42 Å². The molecule has 30 heavy (non-hydrogen) atoms. The Labute approximate surface area is 176 Å². The maximum Gasteiger partial charge on any atom is 0.295 e. The highest BCUT2D eigenvalue weighted by Crippen LogP contribution is 2.40. The zero-order valence-corrected chi connectivity index (χ0v) is 17.8. The van der Waals surface area contributed by atoms with E-state index in [1.165, 1.54) is 22.4 Å². The second-order valence-electron chi connectivity index (χ2n) is 8.43. The molecule has 6 heteroatoms. The van der Waals surface area contributed by atoms with Gasteiger partial charge in [-0.15, -0.1) is 0 Å². The van der Waals surface area contributed by atoms with Crippen molar-refractivity contribution in [1.29, 1.82) is 0 Å². The molecule has 6 nitrogen and oxygen atoms in total. The van der Waals surface area contributed by atoms with E-state index in [2.05, 4.69) is 0 Å². The third-order valence-electron chi connectivity index (χ3n) is 5.98. The summed E-state index contributed by atoms with van der Waals surface area (Å²) in [7, 11) is 3.82. The SMILES string of the molecule is Cc1ccc(C2/C(=C(/O)c3ccc4c(c3)CCCC4)C(=O)C(=O)N2CCN(C)C)o1. The van der Waals surface area contributed by atoms with Gasteiger partial charge in [-0.2, -0.15) is 0 Å². The number of likely N-dealkylation sites (tertiary alicyclic amines) is 1. The molecule has 158 valence electrons. The van der Waals surface area contributed by atoms with Crippen molar-refractivity contribution < 1.29 is 19.1 Å². The largest absolute Gasteiger partial charge is 0.507 e. The molecule has 2 aromatic rings. The predicted octanol–water partition coefficient (Wildman–Crippen LogP) is 3.45. The number of aryl methyl sites for hydroxylation is 3. The van der Waals surface area contributed by atoms with Crippen LogP contribution in [0.15, 0.2) is 40.3 Å². The van der Waals surface area contributed by atoms with E-state index in [1.807, 2.05) is 44.1 Å². The zero-order valence-electron chi connectivity index (χ0n) is 17.8. The number of nitrogens with zero attached hydrogens (tertiary/aromatic N) is 2. The molecular formula is C24H28N2O4. The smallest absolute Gasteiger partial charge is 0.295 e. The van der Waals surface area contributed by atoms with Crippen molar-refractivity contribution in [1.82, 2.24) is 9.80 Å². The van der Waals surface area contributed by atoms with Gasteiger partial charge in [0, 0.05) is 18.7 Å². The Morgan fingerprint density at radius 2 is 1.87 bits per heavy atom. The molecule has 1 aliphatic carbocycles. The van der Waals surface area contributed by atoms with E-state index in [9.17, 15) is 14.7 Å². The number of rotatable bonds is 5. The first-order chi connectivity index (χ1) is 14.4. The van der Waals surface area contributed by atoms with Crippen LogP contribution in [0.5, 0.6) is 0 Å². The molecule has 4 rings (SSSR count). The van der Waals surface area contributed by atoms with Gasteiger partial charge in [-0.3, -0.25) is 9.59 Å². The summed E-state index contributed by atoms with van der Waals surface area (Å²) < 4.78 is 5.80. The molecule has 0 bridgehead atoms. The second kappa shape index (κ2) is 8.11. The fourth-order valence-corrected chi connectivity index (χ4v) is 4.35. The van der Waals surface area contributed by atoms with E-state index >= 15 is 0 Å². The minimum absolute atomic E-state index is 0.101. The standard InChI is InChI=1S/C24H28N2O4/c1-15-8-11-19(30-15)21-20(23(28)24(29)26(21)13-12-25(2)3)22(27)18-10-9-16-6-4-5-7-17(16)14-18/h8-11,14,21,27H,4-7,12-13H2,1-3H3/b22-20-. The molecule has 1 fully saturated rings. The normalized spacial score (nSPS) is 20.8. The molecule has 1 atom stereocenters. The third kappa shape index (κ3) is 3.67. The lowest BCUT2D eigenvalue weighted by molar-refractivity contribution is -0.140. The van der Waals surface area contributed by atoms with Gasteiger partial charge < -0.3 is 19.3 Å². The lowest BCUT2D eigenvalue weighted by Gasteiger charge is -2.25. The molecule has 0 spiro atoms. The third-order valence-corrected chi connectivity index (χ3v) is 5.98. The quantitative estimate of drug-likeness (QED) is 0.466. The number of furan rings is 1. The van der Waals surface area contributed by atoms with Crippen LogP contribution in [-0.4, -0.2) is 53.8 Å². The first kappa shape index (κ1) is 20.4. The molecule has 1 saturated heterocycles. The van der Waals surface area contributed by atoms with Crippen LogP contribution in [0.3, 0.4) is 0 Å². The minimum Gasteiger partial charge on any atom is -0.507 e. The highest BCUT2D eigenvalue weighted by atomic mass is 16.3. The van der Waals surface area contributed by atoms with Gasteiger partial charge in [-0.25, -0.2) is 0 Å². The fraction of sp³-hybridized carbons (Fsp3) is 0.417. The van der Waals surface area contributed by atoms with Crippen molar-refractivity contribution >= 4 is 17.4 Å². The molecule has 1 aromatic heterocycles. The number of ketones is 1. The number of aliphatic hydroxyl groups is 1. The van der Waals surface area contributed by atoms with Crippen molar-refractivity contribution in [2.75, 3.05) is 27.2 Å². The van der Waals surface area contributed by atoms with Gasteiger partial charge in [-0.1, -0.05) is 12.1 Å². The number of carbonyl (C=O) groups excluding carboxylic acids is 2. The number of benzene rings is 1. The van der Waals surface area contributed by atoms with Crippen molar-refractivity contribution in [3.8, 4) is 0 Å². The van der Waals surface area contributed by atoms with Gasteiger partial charge >= 0.3 is 0 Å². The van der Waals surface area contributed by atoms with Crippen molar-refractivity contribution in [3.05, 3.63) is 64.1 Å². The first-order valence-electron chi connectivity index (χ1n) is 10.5. The van der Waals surface area contributed by atoms with Crippen molar-refractivity contribution in [2.45, 2.75) is 38.6 Å². The summed E-state index contributed by atoms with van der Waals surface area (Å²) in [6, 6.07) is 8.68. The van der Waals surface area contributed by atoms with E-state index < -0.39 is 17.7 Å². The van der Waals surface area contributed by atoms with Crippen LogP contribution in [0, 0.1) is 6.92 Å². The van der Waals surface area contributed by atoms with Crippen LogP contribution < -0.4 is 0 Å². The van der Waals surface area contributed by atoms with Crippen LogP contribution in [0.4, 0.5) is 0 Å². The molecule has 1 amide bonds. The van der Waals surface area contributed by atoms with Crippen LogP contribution in [0.25, 0.3) is 5.76 Å². The minimum atomic E-state index is -0.727. The summed E-state index contributed by atoms with van der Waals surface area (Å²) in [4.78, 5) is 29.3. The number of Topliss-reactive ketones (excluding diaryl/α,β-unsaturated/α-hetero) is 1. The fourth-order valence-electron chi connectivity index (χ4n) is 4.35. The molecule has 1 N–H and O–H groups in total. The molecule has 1 aromatic carbocycles. The van der Waals surface area contributed by atoms with Gasteiger partial charge in [0.1, 0.15) is 23.3 Å². The average molecular weight is 408 g/mol. The lowest BCUT2D eigenvalue weighted by atomic mass is 9.89. The maximum absolute atomic E-state index is 13.0. The number of hydrogen-bond donors (Lipinski definition) is 1. The summed E-state index contributed by atoms with van der Waals surface area (Å²) in [6.45, 7) is 2.78. The summed E-state index contributed by atoms with van der Waals surface area (Å²) in [5.74, 6) is -0.214. The van der Waals surface area contributed by atoms with Crippen molar-refractivity contribution in [2.24, 2.45) is 0 Å². The average Bonchev–Trinajstić information content (AvgIpc) is 3.26. The number of likely N-dealkylation sites (N-methyl/N-ethyl adjacent to an activating group) is 1.